The van der Waals surface area contributed by atoms with Gasteiger partial charge in [0, 0.05) is 28.0 Å². The third kappa shape index (κ3) is 3.47. The maximum atomic E-state index is 14.6. The number of ether oxygens (including phenoxy) is 1. The standard InChI is InChI=1S/C32H31ClN4O3/c1-7-20-10-13-26(40-6)22(15-20)29-35-27-28(36(29)17(2)3)32(23-12-11-21(33)16-24(23)34-31(32)39)37(30(27)38)25-14-18(4)8-9-19(25)5/h8-17H,7H2,1-6H3,(H,34,39). The molecule has 2 aliphatic rings. The van der Waals surface area contributed by atoms with Crippen LogP contribution >= 0.6 is 11.6 Å². The number of nitrogens with one attached hydrogen (secondary N) is 1. The average molecular weight is 555 g/mol. The van der Waals surface area contributed by atoms with Crippen molar-refractivity contribution in [3.63, 3.8) is 0 Å². The summed E-state index contributed by atoms with van der Waals surface area (Å²) in [5.41, 5.74) is 5.00. The minimum Gasteiger partial charge on any atom is -0.496 e. The van der Waals surface area contributed by atoms with Crippen molar-refractivity contribution in [3.8, 4) is 17.1 Å². The average Bonchev–Trinajstić information content (AvgIpc) is 3.53. The summed E-state index contributed by atoms with van der Waals surface area (Å²) in [5.74, 6) is 0.600. The third-order valence-electron chi connectivity index (χ3n) is 7.98. The predicted molar refractivity (Wildman–Crippen MR) is 158 cm³/mol. The molecule has 2 amide bonds. The van der Waals surface area contributed by atoms with Crippen LogP contribution in [0.5, 0.6) is 5.75 Å². The Morgan fingerprint density at radius 1 is 1.05 bits per heavy atom. The molecular formula is C32H31ClN4O3. The lowest BCUT2D eigenvalue weighted by molar-refractivity contribution is -0.119. The SMILES string of the molecule is CCc1ccc(OC)c(-c2nc3c(n2C(C)C)C2(C(=O)Nc4cc(Cl)ccc42)N(c2cc(C)ccc2C)C3=O)c1. The number of carbonyl (C=O) groups excluding carboxylic acids is 2. The lowest BCUT2D eigenvalue weighted by Crippen LogP contribution is -2.51. The molecule has 1 unspecified atom stereocenters. The molecule has 6 rings (SSSR count). The van der Waals surface area contributed by atoms with Gasteiger partial charge in [-0.2, -0.15) is 0 Å². The van der Waals surface area contributed by atoms with Gasteiger partial charge in [0.15, 0.2) is 11.2 Å². The van der Waals surface area contributed by atoms with E-state index in [4.69, 9.17) is 21.3 Å². The highest BCUT2D eigenvalue weighted by Crippen LogP contribution is 2.55. The molecule has 7 nitrogen and oxygen atoms in total. The normalized spacial score (nSPS) is 17.6. The Morgan fingerprint density at radius 2 is 1.82 bits per heavy atom. The highest BCUT2D eigenvalue weighted by molar-refractivity contribution is 6.31. The molecule has 0 bridgehead atoms. The first-order valence-corrected chi connectivity index (χ1v) is 13.8. The molecule has 40 heavy (non-hydrogen) atoms. The van der Waals surface area contributed by atoms with Crippen LogP contribution in [-0.4, -0.2) is 28.5 Å². The number of nitrogens with zero attached hydrogens (tertiary/aromatic N) is 3. The summed E-state index contributed by atoms with van der Waals surface area (Å²) in [5, 5.41) is 3.54. The van der Waals surface area contributed by atoms with Crippen LogP contribution in [0.15, 0.2) is 54.6 Å². The number of halogens is 1. The van der Waals surface area contributed by atoms with Crippen LogP contribution in [0.1, 0.15) is 65.2 Å². The number of aryl methyl sites for hydroxylation is 3. The molecule has 1 aromatic heterocycles. The number of hydrogen-bond donors (Lipinski definition) is 1. The van der Waals surface area contributed by atoms with Crippen LogP contribution in [0, 0.1) is 13.8 Å². The van der Waals surface area contributed by atoms with Crippen LogP contribution in [-0.2, 0) is 16.8 Å². The van der Waals surface area contributed by atoms with Gasteiger partial charge in [0.25, 0.3) is 11.8 Å². The molecule has 4 aromatic rings. The molecule has 204 valence electrons. The lowest BCUT2D eigenvalue weighted by Gasteiger charge is -2.36. The van der Waals surface area contributed by atoms with Gasteiger partial charge in [-0.15, -0.1) is 0 Å². The van der Waals surface area contributed by atoms with Gasteiger partial charge in [-0.3, -0.25) is 14.5 Å². The van der Waals surface area contributed by atoms with Crippen LogP contribution in [0.4, 0.5) is 11.4 Å². The van der Waals surface area contributed by atoms with Gasteiger partial charge in [0.05, 0.1) is 18.4 Å². The van der Waals surface area contributed by atoms with E-state index in [1.807, 2.05) is 68.7 Å². The largest absolute Gasteiger partial charge is 0.496 e. The number of fused-ring (bicyclic) bond motifs is 4. The molecule has 0 radical (unpaired) electrons. The first kappa shape index (κ1) is 26.1. The minimum absolute atomic E-state index is 0.131. The number of imidazole rings is 1. The molecule has 1 N–H and O–H groups in total. The monoisotopic (exact) mass is 554 g/mol. The molecule has 0 fully saturated rings. The molecule has 0 saturated carbocycles. The van der Waals surface area contributed by atoms with Gasteiger partial charge in [-0.25, -0.2) is 4.98 Å². The number of hydrogen-bond acceptors (Lipinski definition) is 4. The van der Waals surface area contributed by atoms with Gasteiger partial charge in [0.2, 0.25) is 0 Å². The van der Waals surface area contributed by atoms with E-state index >= 15 is 0 Å². The van der Waals surface area contributed by atoms with Gasteiger partial charge in [0.1, 0.15) is 11.6 Å². The van der Waals surface area contributed by atoms with E-state index in [1.165, 1.54) is 0 Å². The van der Waals surface area contributed by atoms with Crippen LogP contribution in [0.2, 0.25) is 5.02 Å². The number of benzene rings is 3. The van der Waals surface area contributed by atoms with Crippen molar-refractivity contribution in [2.45, 2.75) is 52.6 Å². The Balaban J connectivity index is 1.74. The van der Waals surface area contributed by atoms with E-state index in [-0.39, 0.29) is 23.6 Å². The molecule has 0 saturated heterocycles. The van der Waals surface area contributed by atoms with E-state index in [0.29, 0.717) is 39.2 Å². The second-order valence-electron chi connectivity index (χ2n) is 10.8. The predicted octanol–water partition coefficient (Wildman–Crippen LogP) is 6.83. The molecular weight excluding hydrogens is 524 g/mol. The van der Waals surface area contributed by atoms with Gasteiger partial charge >= 0.3 is 0 Å². The van der Waals surface area contributed by atoms with Crippen molar-refractivity contribution in [1.82, 2.24) is 9.55 Å². The van der Waals surface area contributed by atoms with Crippen LogP contribution in [0.3, 0.4) is 0 Å². The topological polar surface area (TPSA) is 76.5 Å². The fourth-order valence-corrected chi connectivity index (χ4v) is 6.28. The zero-order chi connectivity index (χ0) is 28.5. The number of amides is 2. The smallest absolute Gasteiger partial charge is 0.280 e. The van der Waals surface area contributed by atoms with E-state index in [0.717, 1.165) is 28.7 Å². The van der Waals surface area contributed by atoms with E-state index < -0.39 is 5.54 Å². The molecule has 0 aliphatic carbocycles. The van der Waals surface area contributed by atoms with Crippen LogP contribution < -0.4 is 15.0 Å². The Hall–Kier alpha value is -4.10. The summed E-state index contributed by atoms with van der Waals surface area (Å²) in [6.07, 6.45) is 0.832. The van der Waals surface area contributed by atoms with Crippen LogP contribution in [0.25, 0.3) is 11.4 Å². The summed E-state index contributed by atoms with van der Waals surface area (Å²) < 4.78 is 7.77. The zero-order valence-electron chi connectivity index (χ0n) is 23.4. The second-order valence-corrected chi connectivity index (χ2v) is 11.2. The molecule has 3 heterocycles. The third-order valence-corrected chi connectivity index (χ3v) is 8.21. The lowest BCUT2D eigenvalue weighted by atomic mass is 9.86. The van der Waals surface area contributed by atoms with E-state index in [9.17, 15) is 9.59 Å². The highest BCUT2D eigenvalue weighted by Gasteiger charge is 2.64. The summed E-state index contributed by atoms with van der Waals surface area (Å²) >= 11 is 6.36. The highest BCUT2D eigenvalue weighted by atomic mass is 35.5. The molecule has 2 aliphatic heterocycles. The second kappa shape index (κ2) is 9.24. The van der Waals surface area contributed by atoms with Crippen molar-refractivity contribution in [2.24, 2.45) is 0 Å². The first-order chi connectivity index (χ1) is 19.1. The van der Waals surface area contributed by atoms with E-state index in [1.54, 1.807) is 24.1 Å². The summed E-state index contributed by atoms with van der Waals surface area (Å²) in [6.45, 7) is 10.1. The van der Waals surface area contributed by atoms with Crippen molar-refractivity contribution in [2.75, 3.05) is 17.3 Å². The molecule has 8 heteroatoms. The zero-order valence-corrected chi connectivity index (χ0v) is 24.2. The molecule has 1 spiro atoms. The van der Waals surface area contributed by atoms with E-state index in [2.05, 4.69) is 18.3 Å². The number of methoxy groups -OCH3 is 1. The number of aromatic nitrogens is 2. The van der Waals surface area contributed by atoms with Crippen molar-refractivity contribution in [1.29, 1.82) is 0 Å². The fourth-order valence-electron chi connectivity index (χ4n) is 6.11. The van der Waals surface area contributed by atoms with Gasteiger partial charge < -0.3 is 14.6 Å². The minimum atomic E-state index is -1.48. The number of carbonyl (C=O) groups is 2. The van der Waals surface area contributed by atoms with Crippen molar-refractivity contribution < 1.29 is 14.3 Å². The Kier molecular flexibility index (Phi) is 6.04. The van der Waals surface area contributed by atoms with Gasteiger partial charge in [-0.1, -0.05) is 42.8 Å². The van der Waals surface area contributed by atoms with Crippen molar-refractivity contribution >= 4 is 34.8 Å². The summed E-state index contributed by atoms with van der Waals surface area (Å²) in [6, 6.07) is 17.1. The van der Waals surface area contributed by atoms with Gasteiger partial charge in [-0.05, 0) is 81.1 Å². The Bertz CT molecular complexity index is 1720. The first-order valence-electron chi connectivity index (χ1n) is 13.5. The Labute approximate surface area is 238 Å². The molecule has 1 atom stereocenters. The quantitative estimate of drug-likeness (QED) is 0.293. The number of rotatable bonds is 5. The fraction of sp³-hybridized carbons (Fsp3) is 0.281. The maximum absolute atomic E-state index is 14.6. The summed E-state index contributed by atoms with van der Waals surface area (Å²) in [7, 11) is 1.63. The number of anilines is 2. The van der Waals surface area contributed by atoms with Crippen molar-refractivity contribution in [3.05, 3.63) is 93.3 Å². The maximum Gasteiger partial charge on any atom is 0.280 e. The Morgan fingerprint density at radius 3 is 2.52 bits per heavy atom. The molecule has 3 aromatic carbocycles. The summed E-state index contributed by atoms with van der Waals surface area (Å²) in [4.78, 5) is 35.6.